The van der Waals surface area contributed by atoms with Gasteiger partial charge in [0.1, 0.15) is 0 Å². The van der Waals surface area contributed by atoms with Crippen molar-refractivity contribution in [2.24, 2.45) is 0 Å². The molecule has 4 nitrogen and oxygen atoms in total. The molecule has 0 unspecified atom stereocenters. The molecule has 130 valence electrons. The van der Waals surface area contributed by atoms with Gasteiger partial charge in [-0.2, -0.15) is 0 Å². The molecule has 0 aliphatic carbocycles. The largest absolute Gasteiger partial charge is 0.326 e. The zero-order valence-electron chi connectivity index (χ0n) is 14.0. The van der Waals surface area contributed by atoms with E-state index in [-0.39, 0.29) is 11.8 Å². The first-order valence-corrected chi connectivity index (χ1v) is 8.95. The molecule has 0 bridgehead atoms. The van der Waals surface area contributed by atoms with Crippen molar-refractivity contribution in [2.45, 2.75) is 32.1 Å². The zero-order chi connectivity index (χ0) is 17.6. The number of amides is 2. The van der Waals surface area contributed by atoms with Crippen LogP contribution in [0, 0.1) is 0 Å². The SMILES string of the molecule is O=C(CCCc1ccccc1)Nc1ccc(N2CCCC2=O)c(Cl)c1. The van der Waals surface area contributed by atoms with Crippen LogP contribution in [0.2, 0.25) is 5.02 Å². The van der Waals surface area contributed by atoms with E-state index in [4.69, 9.17) is 11.6 Å². The van der Waals surface area contributed by atoms with Gasteiger partial charge in [-0.1, -0.05) is 41.9 Å². The molecular weight excluding hydrogens is 336 g/mol. The van der Waals surface area contributed by atoms with Crippen molar-refractivity contribution in [2.75, 3.05) is 16.8 Å². The lowest BCUT2D eigenvalue weighted by atomic mass is 10.1. The predicted octanol–water partition coefficient (Wildman–Crippen LogP) is 4.43. The molecule has 2 aromatic rings. The van der Waals surface area contributed by atoms with Crippen LogP contribution in [0.4, 0.5) is 11.4 Å². The summed E-state index contributed by atoms with van der Waals surface area (Å²) in [7, 11) is 0. The summed E-state index contributed by atoms with van der Waals surface area (Å²) in [6.07, 6.45) is 3.55. The molecule has 0 radical (unpaired) electrons. The number of nitrogens with one attached hydrogen (secondary N) is 1. The Morgan fingerprint density at radius 2 is 1.96 bits per heavy atom. The molecule has 1 aliphatic rings. The summed E-state index contributed by atoms with van der Waals surface area (Å²) in [5.74, 6) is 0.0663. The van der Waals surface area contributed by atoms with E-state index in [0.29, 0.717) is 35.8 Å². The smallest absolute Gasteiger partial charge is 0.227 e. The number of benzene rings is 2. The highest BCUT2D eigenvalue weighted by atomic mass is 35.5. The van der Waals surface area contributed by atoms with Gasteiger partial charge in [0.05, 0.1) is 10.7 Å². The second-order valence-corrected chi connectivity index (χ2v) is 6.61. The Morgan fingerprint density at radius 3 is 2.64 bits per heavy atom. The third kappa shape index (κ3) is 4.60. The highest BCUT2D eigenvalue weighted by molar-refractivity contribution is 6.34. The first-order chi connectivity index (χ1) is 12.1. The minimum absolute atomic E-state index is 0.0306. The second-order valence-electron chi connectivity index (χ2n) is 6.20. The van der Waals surface area contributed by atoms with Crippen LogP contribution in [0.3, 0.4) is 0 Å². The van der Waals surface area contributed by atoms with Gasteiger partial charge >= 0.3 is 0 Å². The molecule has 1 heterocycles. The Morgan fingerprint density at radius 1 is 1.16 bits per heavy atom. The molecule has 5 heteroatoms. The Labute approximate surface area is 152 Å². The van der Waals surface area contributed by atoms with Crippen molar-refractivity contribution in [3.8, 4) is 0 Å². The fourth-order valence-corrected chi connectivity index (χ4v) is 3.31. The molecule has 0 saturated carbocycles. The molecule has 2 amide bonds. The molecule has 2 aromatic carbocycles. The molecule has 1 saturated heterocycles. The molecule has 1 N–H and O–H groups in total. The van der Waals surface area contributed by atoms with Gasteiger partial charge in [-0.15, -0.1) is 0 Å². The number of carbonyl (C=O) groups is 2. The Bertz CT molecular complexity index is 762. The van der Waals surface area contributed by atoms with Crippen LogP contribution in [-0.4, -0.2) is 18.4 Å². The topological polar surface area (TPSA) is 49.4 Å². The summed E-state index contributed by atoms with van der Waals surface area (Å²) in [4.78, 5) is 25.6. The number of carbonyl (C=O) groups excluding carboxylic acids is 2. The standard InChI is InChI=1S/C20H21ClN2O2/c21-17-14-16(11-12-18(17)23-13-5-10-20(23)25)22-19(24)9-4-8-15-6-2-1-3-7-15/h1-3,6-7,11-12,14H,4-5,8-10,13H2,(H,22,24). The normalized spacial score (nSPS) is 14.0. The molecule has 0 spiro atoms. The van der Waals surface area contributed by atoms with Crippen LogP contribution in [-0.2, 0) is 16.0 Å². The highest BCUT2D eigenvalue weighted by Gasteiger charge is 2.23. The van der Waals surface area contributed by atoms with Gasteiger partial charge in [-0.05, 0) is 43.0 Å². The number of rotatable bonds is 6. The van der Waals surface area contributed by atoms with Gasteiger partial charge in [0.25, 0.3) is 0 Å². The summed E-state index contributed by atoms with van der Waals surface area (Å²) in [6, 6.07) is 15.4. The van der Waals surface area contributed by atoms with Crippen molar-refractivity contribution in [1.29, 1.82) is 0 Å². The van der Waals surface area contributed by atoms with Gasteiger partial charge < -0.3 is 10.2 Å². The van der Waals surface area contributed by atoms with E-state index in [2.05, 4.69) is 17.4 Å². The summed E-state index contributed by atoms with van der Waals surface area (Å²) in [5, 5.41) is 3.35. The van der Waals surface area contributed by atoms with Crippen LogP contribution < -0.4 is 10.2 Å². The van der Waals surface area contributed by atoms with E-state index in [1.807, 2.05) is 18.2 Å². The number of halogens is 1. The summed E-state index contributed by atoms with van der Waals surface area (Å²) >= 11 is 6.30. The van der Waals surface area contributed by atoms with Gasteiger partial charge in [0.2, 0.25) is 11.8 Å². The highest BCUT2D eigenvalue weighted by Crippen LogP contribution is 2.31. The van der Waals surface area contributed by atoms with Gasteiger partial charge in [0, 0.05) is 25.1 Å². The predicted molar refractivity (Wildman–Crippen MR) is 101 cm³/mol. The third-order valence-electron chi connectivity index (χ3n) is 4.31. The molecule has 3 rings (SSSR count). The summed E-state index contributed by atoms with van der Waals surface area (Å²) in [5.41, 5.74) is 2.61. The lowest BCUT2D eigenvalue weighted by molar-refractivity contribution is -0.117. The summed E-state index contributed by atoms with van der Waals surface area (Å²) < 4.78 is 0. The van der Waals surface area contributed by atoms with Gasteiger partial charge in [-0.3, -0.25) is 9.59 Å². The maximum absolute atomic E-state index is 12.1. The maximum Gasteiger partial charge on any atom is 0.227 e. The fourth-order valence-electron chi connectivity index (χ4n) is 3.03. The van der Waals surface area contributed by atoms with E-state index in [9.17, 15) is 9.59 Å². The molecule has 1 fully saturated rings. The first kappa shape index (κ1) is 17.5. The minimum Gasteiger partial charge on any atom is -0.326 e. The van der Waals surface area contributed by atoms with Crippen molar-refractivity contribution in [3.63, 3.8) is 0 Å². The summed E-state index contributed by atoms with van der Waals surface area (Å²) in [6.45, 7) is 0.698. The van der Waals surface area contributed by atoms with Gasteiger partial charge in [0.15, 0.2) is 0 Å². The van der Waals surface area contributed by atoms with Crippen LogP contribution in [0.1, 0.15) is 31.2 Å². The van der Waals surface area contributed by atoms with Crippen LogP contribution in [0.15, 0.2) is 48.5 Å². The second kappa shape index (κ2) is 8.17. The average molecular weight is 357 g/mol. The monoisotopic (exact) mass is 356 g/mol. The number of nitrogens with zero attached hydrogens (tertiary/aromatic N) is 1. The number of hydrogen-bond acceptors (Lipinski definition) is 2. The average Bonchev–Trinajstić information content (AvgIpc) is 3.02. The number of anilines is 2. The van der Waals surface area contributed by atoms with Crippen LogP contribution in [0.25, 0.3) is 0 Å². The van der Waals surface area contributed by atoms with Crippen molar-refractivity contribution in [1.82, 2.24) is 0 Å². The van der Waals surface area contributed by atoms with E-state index in [1.54, 1.807) is 23.1 Å². The molecular formula is C20H21ClN2O2. The minimum atomic E-state index is -0.0306. The molecule has 25 heavy (non-hydrogen) atoms. The van der Waals surface area contributed by atoms with Crippen molar-refractivity contribution < 1.29 is 9.59 Å². The quantitative estimate of drug-likeness (QED) is 0.832. The Hall–Kier alpha value is -2.33. The fraction of sp³-hybridized carbons (Fsp3) is 0.300. The van der Waals surface area contributed by atoms with E-state index >= 15 is 0 Å². The van der Waals surface area contributed by atoms with Crippen molar-refractivity contribution >= 4 is 34.8 Å². The lowest BCUT2D eigenvalue weighted by Crippen LogP contribution is -2.24. The first-order valence-electron chi connectivity index (χ1n) is 8.57. The zero-order valence-corrected chi connectivity index (χ0v) is 14.8. The maximum atomic E-state index is 12.1. The molecule has 1 aliphatic heterocycles. The number of hydrogen-bond donors (Lipinski definition) is 1. The van der Waals surface area contributed by atoms with Crippen LogP contribution in [0.5, 0.6) is 0 Å². The number of aryl methyl sites for hydroxylation is 1. The van der Waals surface area contributed by atoms with Crippen molar-refractivity contribution in [3.05, 3.63) is 59.1 Å². The van der Waals surface area contributed by atoms with E-state index < -0.39 is 0 Å². The Kier molecular flexibility index (Phi) is 5.71. The van der Waals surface area contributed by atoms with Crippen LogP contribution >= 0.6 is 11.6 Å². The molecule has 0 aromatic heterocycles. The third-order valence-corrected chi connectivity index (χ3v) is 4.61. The van der Waals surface area contributed by atoms with Gasteiger partial charge in [-0.25, -0.2) is 0 Å². The van der Waals surface area contributed by atoms with E-state index in [0.717, 1.165) is 19.3 Å². The lowest BCUT2D eigenvalue weighted by Gasteiger charge is -2.18. The molecule has 0 atom stereocenters. The van der Waals surface area contributed by atoms with E-state index in [1.165, 1.54) is 5.56 Å². The Balaban J connectivity index is 1.53.